The van der Waals surface area contributed by atoms with Crippen molar-refractivity contribution < 1.29 is 19.4 Å². The van der Waals surface area contributed by atoms with Crippen LogP contribution in [0.25, 0.3) is 0 Å². The molecule has 0 bridgehead atoms. The van der Waals surface area contributed by atoms with E-state index in [0.717, 1.165) is 0 Å². The van der Waals surface area contributed by atoms with E-state index >= 15 is 0 Å². The van der Waals surface area contributed by atoms with Crippen LogP contribution in [0.3, 0.4) is 0 Å². The van der Waals surface area contributed by atoms with E-state index in [1.54, 1.807) is 13.8 Å². The average molecular weight is 214 g/mol. The molecule has 0 spiro atoms. The summed E-state index contributed by atoms with van der Waals surface area (Å²) in [7, 11) is 0. The van der Waals surface area contributed by atoms with Crippen LogP contribution in [0.4, 0.5) is 0 Å². The molecule has 0 saturated carbocycles. The topological polar surface area (TPSA) is 63.6 Å². The van der Waals surface area contributed by atoms with Crippen molar-refractivity contribution in [2.45, 2.75) is 40.2 Å². The van der Waals surface area contributed by atoms with Crippen LogP contribution in [-0.2, 0) is 14.3 Å². The highest BCUT2D eigenvalue weighted by atomic mass is 16.5. The number of rotatable bonds is 5. The summed E-state index contributed by atoms with van der Waals surface area (Å²) in [6.45, 7) is 6.39. The Labute approximate surface area is 89.9 Å². The van der Waals surface area contributed by atoms with Gasteiger partial charge in [-0.1, -0.05) is 5.57 Å². The highest BCUT2D eigenvalue weighted by Gasteiger charge is 2.09. The first-order valence-corrected chi connectivity index (χ1v) is 4.85. The number of carbonyl (C=O) groups excluding carboxylic acids is 2. The number of esters is 1. The van der Waals surface area contributed by atoms with E-state index < -0.39 is 12.1 Å². The van der Waals surface area contributed by atoms with Crippen LogP contribution in [0.5, 0.6) is 0 Å². The first-order chi connectivity index (χ1) is 6.84. The molecular formula is C11H18O4. The fraction of sp³-hybridized carbons (Fsp3) is 0.636. The normalized spacial score (nSPS) is 14.2. The zero-order valence-electron chi connectivity index (χ0n) is 9.66. The molecule has 4 nitrogen and oxygen atoms in total. The Morgan fingerprint density at radius 3 is 2.20 bits per heavy atom. The standard InChI is InChI=1S/C11H18O4/c1-7(9(3)10(4)13)5-11(14)15-6-8(2)12/h8,12H,5-6H2,1-4H3/b9-7+. The summed E-state index contributed by atoms with van der Waals surface area (Å²) < 4.78 is 4.77. The highest BCUT2D eigenvalue weighted by molar-refractivity contribution is 5.94. The first kappa shape index (κ1) is 13.8. The second-order valence-corrected chi connectivity index (χ2v) is 3.67. The zero-order chi connectivity index (χ0) is 12.0. The molecule has 0 aliphatic rings. The van der Waals surface area contributed by atoms with E-state index in [4.69, 9.17) is 9.84 Å². The maximum Gasteiger partial charge on any atom is 0.310 e. The fourth-order valence-electron chi connectivity index (χ4n) is 0.914. The Balaban J connectivity index is 4.18. The molecule has 86 valence electrons. The smallest absolute Gasteiger partial charge is 0.310 e. The Morgan fingerprint density at radius 1 is 1.27 bits per heavy atom. The maximum atomic E-state index is 11.2. The number of ether oxygens (including phenoxy) is 1. The van der Waals surface area contributed by atoms with E-state index in [1.807, 2.05) is 0 Å². The number of hydrogen-bond donors (Lipinski definition) is 1. The van der Waals surface area contributed by atoms with Crippen LogP contribution in [-0.4, -0.2) is 29.6 Å². The Bertz CT molecular complexity index is 276. The van der Waals surface area contributed by atoms with E-state index in [1.165, 1.54) is 13.8 Å². The van der Waals surface area contributed by atoms with Gasteiger partial charge in [-0.3, -0.25) is 9.59 Å². The number of Topliss-reactive ketones (excluding diaryl/α,β-unsaturated/α-hetero) is 1. The number of carbonyl (C=O) groups is 2. The molecule has 0 fully saturated rings. The van der Waals surface area contributed by atoms with Gasteiger partial charge in [-0.2, -0.15) is 0 Å². The average Bonchev–Trinajstić information content (AvgIpc) is 2.13. The van der Waals surface area contributed by atoms with Gasteiger partial charge in [-0.15, -0.1) is 0 Å². The number of allylic oxidation sites excluding steroid dienone is 1. The van der Waals surface area contributed by atoms with Crippen LogP contribution in [0, 0.1) is 0 Å². The van der Waals surface area contributed by atoms with Crippen LogP contribution in [0.2, 0.25) is 0 Å². The summed E-state index contributed by atoms with van der Waals surface area (Å²) in [5, 5.41) is 8.89. The van der Waals surface area contributed by atoms with Gasteiger partial charge >= 0.3 is 5.97 Å². The Hall–Kier alpha value is -1.16. The van der Waals surface area contributed by atoms with Crippen LogP contribution in [0.1, 0.15) is 34.1 Å². The van der Waals surface area contributed by atoms with Gasteiger partial charge in [-0.05, 0) is 33.3 Å². The summed E-state index contributed by atoms with van der Waals surface area (Å²) in [6, 6.07) is 0. The molecule has 15 heavy (non-hydrogen) atoms. The Morgan fingerprint density at radius 2 is 1.80 bits per heavy atom. The van der Waals surface area contributed by atoms with Crippen molar-refractivity contribution >= 4 is 11.8 Å². The van der Waals surface area contributed by atoms with Crippen molar-refractivity contribution in [2.24, 2.45) is 0 Å². The van der Waals surface area contributed by atoms with Gasteiger partial charge in [0.2, 0.25) is 0 Å². The van der Waals surface area contributed by atoms with Crippen molar-refractivity contribution in [3.8, 4) is 0 Å². The van der Waals surface area contributed by atoms with Crippen molar-refractivity contribution in [1.29, 1.82) is 0 Å². The molecule has 0 saturated heterocycles. The molecule has 0 aromatic heterocycles. The summed E-state index contributed by atoms with van der Waals surface area (Å²) >= 11 is 0. The molecule has 1 N–H and O–H groups in total. The van der Waals surface area contributed by atoms with Crippen LogP contribution < -0.4 is 0 Å². The molecule has 0 aliphatic heterocycles. The van der Waals surface area contributed by atoms with E-state index in [0.29, 0.717) is 11.1 Å². The molecule has 0 aromatic rings. The van der Waals surface area contributed by atoms with Gasteiger partial charge in [0.25, 0.3) is 0 Å². The minimum Gasteiger partial charge on any atom is -0.463 e. The fourth-order valence-corrected chi connectivity index (χ4v) is 0.914. The monoisotopic (exact) mass is 214 g/mol. The predicted octanol–water partition coefficient (Wildman–Crippen LogP) is 1.23. The third-order valence-corrected chi connectivity index (χ3v) is 2.06. The third-order valence-electron chi connectivity index (χ3n) is 2.06. The second kappa shape index (κ2) is 6.35. The number of aliphatic hydroxyl groups excluding tert-OH is 1. The second-order valence-electron chi connectivity index (χ2n) is 3.67. The summed E-state index contributed by atoms with van der Waals surface area (Å²) in [4.78, 5) is 22.2. The van der Waals surface area contributed by atoms with E-state index in [2.05, 4.69) is 0 Å². The number of aliphatic hydroxyl groups is 1. The van der Waals surface area contributed by atoms with Crippen molar-refractivity contribution in [1.82, 2.24) is 0 Å². The minimum absolute atomic E-state index is 0.00870. The molecule has 1 atom stereocenters. The largest absolute Gasteiger partial charge is 0.463 e. The lowest BCUT2D eigenvalue weighted by Gasteiger charge is -2.08. The van der Waals surface area contributed by atoms with E-state index in [-0.39, 0.29) is 18.8 Å². The lowest BCUT2D eigenvalue weighted by atomic mass is 10.1. The lowest BCUT2D eigenvalue weighted by molar-refractivity contribution is -0.145. The van der Waals surface area contributed by atoms with Gasteiger partial charge in [-0.25, -0.2) is 0 Å². The van der Waals surface area contributed by atoms with Crippen molar-refractivity contribution in [3.05, 3.63) is 11.1 Å². The van der Waals surface area contributed by atoms with Gasteiger partial charge in [0, 0.05) is 0 Å². The van der Waals surface area contributed by atoms with Crippen LogP contribution in [0.15, 0.2) is 11.1 Å². The molecule has 0 heterocycles. The molecule has 1 unspecified atom stereocenters. The molecule has 0 radical (unpaired) electrons. The van der Waals surface area contributed by atoms with Gasteiger partial charge < -0.3 is 9.84 Å². The van der Waals surface area contributed by atoms with Crippen molar-refractivity contribution in [3.63, 3.8) is 0 Å². The maximum absolute atomic E-state index is 11.2. The number of ketones is 1. The number of hydrogen-bond acceptors (Lipinski definition) is 4. The molecule has 4 heteroatoms. The lowest BCUT2D eigenvalue weighted by Crippen LogP contribution is -2.15. The van der Waals surface area contributed by atoms with E-state index in [9.17, 15) is 9.59 Å². The molecule has 0 aliphatic carbocycles. The highest BCUT2D eigenvalue weighted by Crippen LogP contribution is 2.09. The minimum atomic E-state index is -0.660. The molecule has 0 amide bonds. The van der Waals surface area contributed by atoms with Gasteiger partial charge in [0.05, 0.1) is 12.5 Å². The summed E-state index contributed by atoms with van der Waals surface area (Å²) in [5.74, 6) is -0.468. The zero-order valence-corrected chi connectivity index (χ0v) is 9.66. The van der Waals surface area contributed by atoms with Crippen LogP contribution >= 0.6 is 0 Å². The first-order valence-electron chi connectivity index (χ1n) is 4.85. The quantitative estimate of drug-likeness (QED) is 0.552. The predicted molar refractivity (Wildman–Crippen MR) is 56.3 cm³/mol. The van der Waals surface area contributed by atoms with Gasteiger partial charge in [0.15, 0.2) is 5.78 Å². The van der Waals surface area contributed by atoms with Gasteiger partial charge in [0.1, 0.15) is 6.61 Å². The summed E-state index contributed by atoms with van der Waals surface area (Å²) in [5.41, 5.74) is 1.29. The molecule has 0 aromatic carbocycles. The molecular weight excluding hydrogens is 196 g/mol. The molecule has 0 rings (SSSR count). The third kappa shape index (κ3) is 6.01. The van der Waals surface area contributed by atoms with Crippen molar-refractivity contribution in [2.75, 3.05) is 6.61 Å². The Kier molecular flexibility index (Phi) is 5.86. The SMILES string of the molecule is CC(=O)/C(C)=C(\C)CC(=O)OCC(C)O. The summed E-state index contributed by atoms with van der Waals surface area (Å²) in [6.07, 6.45) is -0.565.